The number of aromatic nitrogens is 1. The molecule has 0 aliphatic rings. The SMILES string of the molecule is Cc1c(C#N)c(NC(=O)CN(C)CCO)n(Cc2ccco2)c1C. The third-order valence-electron chi connectivity index (χ3n) is 3.99. The highest BCUT2D eigenvalue weighted by Gasteiger charge is 2.20. The number of carbonyl (C=O) groups is 1. The Hall–Kier alpha value is -2.56. The van der Waals surface area contributed by atoms with Crippen LogP contribution in [0.1, 0.15) is 22.6 Å². The van der Waals surface area contributed by atoms with E-state index in [0.717, 1.165) is 17.0 Å². The standard InChI is InChI=1S/C17H22N4O3/c1-12-13(2)21(10-14-5-4-8-24-14)17(15(12)9-18)19-16(23)11-20(3)6-7-22/h4-5,8,22H,6-7,10-11H2,1-3H3,(H,19,23). The fourth-order valence-corrected chi connectivity index (χ4v) is 2.55. The number of nitrogens with zero attached hydrogens (tertiary/aromatic N) is 3. The number of furan rings is 1. The summed E-state index contributed by atoms with van der Waals surface area (Å²) in [5.74, 6) is 0.984. The Balaban J connectivity index is 2.28. The normalized spacial score (nSPS) is 10.8. The van der Waals surface area contributed by atoms with E-state index in [1.165, 1.54) is 0 Å². The molecular formula is C17H22N4O3. The number of aliphatic hydroxyl groups excluding tert-OH is 1. The molecule has 0 bridgehead atoms. The number of likely N-dealkylation sites (N-methyl/N-ethyl adjacent to an activating group) is 1. The maximum Gasteiger partial charge on any atom is 0.239 e. The average molecular weight is 330 g/mol. The van der Waals surface area contributed by atoms with Gasteiger partial charge in [0.25, 0.3) is 0 Å². The van der Waals surface area contributed by atoms with Crippen LogP contribution in [-0.4, -0.2) is 47.2 Å². The Labute approximate surface area is 141 Å². The number of rotatable bonds is 7. The Morgan fingerprint density at radius 1 is 1.50 bits per heavy atom. The van der Waals surface area contributed by atoms with Gasteiger partial charge >= 0.3 is 0 Å². The van der Waals surface area contributed by atoms with E-state index in [0.29, 0.717) is 24.5 Å². The number of anilines is 1. The van der Waals surface area contributed by atoms with Crippen molar-refractivity contribution in [3.05, 3.63) is 41.0 Å². The fourth-order valence-electron chi connectivity index (χ4n) is 2.55. The van der Waals surface area contributed by atoms with E-state index in [4.69, 9.17) is 9.52 Å². The van der Waals surface area contributed by atoms with Crippen molar-refractivity contribution >= 4 is 11.7 Å². The van der Waals surface area contributed by atoms with Crippen LogP contribution in [0.3, 0.4) is 0 Å². The molecule has 0 unspecified atom stereocenters. The number of hydrogen-bond donors (Lipinski definition) is 2. The Morgan fingerprint density at radius 3 is 2.83 bits per heavy atom. The van der Waals surface area contributed by atoms with E-state index in [1.807, 2.05) is 24.5 Å². The largest absolute Gasteiger partial charge is 0.467 e. The van der Waals surface area contributed by atoms with Crippen LogP contribution in [0.2, 0.25) is 0 Å². The van der Waals surface area contributed by atoms with Crippen molar-refractivity contribution in [1.82, 2.24) is 9.47 Å². The van der Waals surface area contributed by atoms with Gasteiger partial charge in [-0.1, -0.05) is 0 Å². The molecule has 2 heterocycles. The molecule has 2 rings (SSSR count). The van der Waals surface area contributed by atoms with Crippen LogP contribution in [0.25, 0.3) is 0 Å². The van der Waals surface area contributed by atoms with Crippen molar-refractivity contribution in [2.45, 2.75) is 20.4 Å². The van der Waals surface area contributed by atoms with Gasteiger partial charge in [-0.15, -0.1) is 0 Å². The molecule has 2 aromatic rings. The van der Waals surface area contributed by atoms with Crippen molar-refractivity contribution in [1.29, 1.82) is 5.26 Å². The predicted octanol–water partition coefficient (Wildman–Crippen LogP) is 1.48. The lowest BCUT2D eigenvalue weighted by Crippen LogP contribution is -2.32. The summed E-state index contributed by atoms with van der Waals surface area (Å²) in [6.07, 6.45) is 1.59. The predicted molar refractivity (Wildman–Crippen MR) is 89.6 cm³/mol. The second-order valence-electron chi connectivity index (χ2n) is 5.72. The lowest BCUT2D eigenvalue weighted by Gasteiger charge is -2.16. The average Bonchev–Trinajstić information content (AvgIpc) is 3.11. The number of hydrogen-bond acceptors (Lipinski definition) is 5. The van der Waals surface area contributed by atoms with Crippen molar-refractivity contribution in [2.75, 3.05) is 32.1 Å². The molecule has 0 aliphatic carbocycles. The van der Waals surface area contributed by atoms with Crippen LogP contribution in [-0.2, 0) is 11.3 Å². The topological polar surface area (TPSA) is 94.4 Å². The minimum absolute atomic E-state index is 0.0136. The molecule has 0 aliphatic heterocycles. The van der Waals surface area contributed by atoms with Gasteiger partial charge in [0, 0.05) is 12.2 Å². The molecule has 1 amide bonds. The summed E-state index contributed by atoms with van der Waals surface area (Å²) in [4.78, 5) is 14.0. The quantitative estimate of drug-likeness (QED) is 0.802. The van der Waals surface area contributed by atoms with E-state index >= 15 is 0 Å². The van der Waals surface area contributed by atoms with Crippen LogP contribution >= 0.6 is 0 Å². The van der Waals surface area contributed by atoms with Crippen LogP contribution < -0.4 is 5.32 Å². The molecule has 0 spiro atoms. The van der Waals surface area contributed by atoms with E-state index in [1.54, 1.807) is 24.3 Å². The van der Waals surface area contributed by atoms with Crippen molar-refractivity contribution in [3.8, 4) is 6.07 Å². The van der Waals surface area contributed by atoms with Gasteiger partial charge < -0.3 is 19.4 Å². The molecule has 0 saturated heterocycles. The van der Waals surface area contributed by atoms with E-state index in [-0.39, 0.29) is 19.1 Å². The van der Waals surface area contributed by atoms with E-state index in [9.17, 15) is 10.1 Å². The van der Waals surface area contributed by atoms with E-state index < -0.39 is 0 Å². The summed E-state index contributed by atoms with van der Waals surface area (Å²) in [7, 11) is 1.75. The van der Waals surface area contributed by atoms with E-state index in [2.05, 4.69) is 11.4 Å². The maximum atomic E-state index is 12.3. The van der Waals surface area contributed by atoms with Crippen LogP contribution in [0, 0.1) is 25.2 Å². The van der Waals surface area contributed by atoms with Crippen LogP contribution in [0.15, 0.2) is 22.8 Å². The molecule has 7 heteroatoms. The molecule has 128 valence electrons. The summed E-state index contributed by atoms with van der Waals surface area (Å²) in [5.41, 5.74) is 2.20. The van der Waals surface area contributed by atoms with Gasteiger partial charge in [-0.05, 0) is 38.6 Å². The first-order chi connectivity index (χ1) is 11.5. The highest BCUT2D eigenvalue weighted by Crippen LogP contribution is 2.27. The highest BCUT2D eigenvalue weighted by atomic mass is 16.3. The lowest BCUT2D eigenvalue weighted by molar-refractivity contribution is -0.117. The summed E-state index contributed by atoms with van der Waals surface area (Å²) in [6.45, 7) is 4.73. The number of nitriles is 1. The number of carbonyl (C=O) groups excluding carboxylic acids is 1. The van der Waals surface area contributed by atoms with Gasteiger partial charge in [-0.25, -0.2) is 0 Å². The third kappa shape index (κ3) is 3.85. The second-order valence-corrected chi connectivity index (χ2v) is 5.72. The van der Waals surface area contributed by atoms with Crippen LogP contribution in [0.4, 0.5) is 5.82 Å². The zero-order valence-electron chi connectivity index (χ0n) is 14.2. The van der Waals surface area contributed by atoms with Gasteiger partial charge in [0.1, 0.15) is 17.6 Å². The van der Waals surface area contributed by atoms with Gasteiger partial charge in [0.15, 0.2) is 0 Å². The Bertz CT molecular complexity index is 741. The van der Waals surface area contributed by atoms with Crippen LogP contribution in [0.5, 0.6) is 0 Å². The fraction of sp³-hybridized carbons (Fsp3) is 0.412. The molecule has 2 N–H and O–H groups in total. The number of nitrogens with one attached hydrogen (secondary N) is 1. The lowest BCUT2D eigenvalue weighted by atomic mass is 10.2. The minimum atomic E-state index is -0.236. The molecule has 0 atom stereocenters. The summed E-state index contributed by atoms with van der Waals surface area (Å²) in [6, 6.07) is 5.82. The Kier molecular flexibility index (Phi) is 5.79. The maximum absolute atomic E-state index is 12.3. The smallest absolute Gasteiger partial charge is 0.239 e. The molecule has 0 fully saturated rings. The molecule has 0 saturated carbocycles. The molecule has 2 aromatic heterocycles. The first-order valence-corrected chi connectivity index (χ1v) is 7.69. The van der Waals surface area contributed by atoms with Crippen molar-refractivity contribution < 1.29 is 14.3 Å². The monoisotopic (exact) mass is 330 g/mol. The van der Waals surface area contributed by atoms with Gasteiger partial charge in [0.2, 0.25) is 5.91 Å². The zero-order valence-corrected chi connectivity index (χ0v) is 14.2. The first kappa shape index (κ1) is 17.8. The number of aliphatic hydroxyl groups is 1. The number of amides is 1. The first-order valence-electron chi connectivity index (χ1n) is 7.69. The third-order valence-corrected chi connectivity index (χ3v) is 3.99. The summed E-state index contributed by atoms with van der Waals surface area (Å²) >= 11 is 0. The molecule has 0 radical (unpaired) electrons. The molecule has 24 heavy (non-hydrogen) atoms. The minimum Gasteiger partial charge on any atom is -0.467 e. The molecule has 0 aromatic carbocycles. The summed E-state index contributed by atoms with van der Waals surface area (Å²) in [5, 5.41) is 21.2. The molecule has 7 nitrogen and oxygen atoms in total. The van der Waals surface area contributed by atoms with Gasteiger partial charge in [0.05, 0.1) is 31.5 Å². The van der Waals surface area contributed by atoms with Crippen molar-refractivity contribution in [3.63, 3.8) is 0 Å². The highest BCUT2D eigenvalue weighted by molar-refractivity contribution is 5.93. The summed E-state index contributed by atoms with van der Waals surface area (Å²) < 4.78 is 7.25. The van der Waals surface area contributed by atoms with Crippen molar-refractivity contribution in [2.24, 2.45) is 0 Å². The zero-order chi connectivity index (χ0) is 17.7. The van der Waals surface area contributed by atoms with Gasteiger partial charge in [-0.3, -0.25) is 9.69 Å². The second kappa shape index (κ2) is 7.81. The Morgan fingerprint density at radius 2 is 2.25 bits per heavy atom. The molecular weight excluding hydrogens is 308 g/mol. The van der Waals surface area contributed by atoms with Gasteiger partial charge in [-0.2, -0.15) is 5.26 Å².